The molecule has 0 bridgehead atoms. The minimum atomic E-state index is 1.10. The second kappa shape index (κ2) is 14.1. The molecule has 0 aliphatic heterocycles. The molecule has 1 heterocycles. The maximum absolute atomic E-state index is 2.50. The summed E-state index contributed by atoms with van der Waals surface area (Å²) >= 11 is 0. The van der Waals surface area contributed by atoms with Crippen molar-refractivity contribution in [1.82, 2.24) is 4.57 Å². The zero-order chi connectivity index (χ0) is 38.4. The van der Waals surface area contributed by atoms with Crippen LogP contribution in [0.15, 0.2) is 231 Å². The van der Waals surface area contributed by atoms with Crippen molar-refractivity contribution in [2.45, 2.75) is 0 Å². The molecular formula is C56H38N2. The van der Waals surface area contributed by atoms with Crippen molar-refractivity contribution in [3.8, 4) is 39.1 Å². The van der Waals surface area contributed by atoms with E-state index in [0.29, 0.717) is 0 Å². The highest BCUT2D eigenvalue weighted by atomic mass is 15.1. The summed E-state index contributed by atoms with van der Waals surface area (Å²) in [5.41, 5.74) is 14.0. The van der Waals surface area contributed by atoms with E-state index in [2.05, 4.69) is 240 Å². The van der Waals surface area contributed by atoms with Crippen LogP contribution < -0.4 is 4.90 Å². The van der Waals surface area contributed by atoms with Crippen LogP contribution in [-0.2, 0) is 0 Å². The summed E-state index contributed by atoms with van der Waals surface area (Å²) in [6, 6.07) is 83.8. The molecule has 0 saturated heterocycles. The molecule has 0 N–H and O–H groups in total. The van der Waals surface area contributed by atoms with Gasteiger partial charge in [-0.25, -0.2) is 0 Å². The van der Waals surface area contributed by atoms with E-state index >= 15 is 0 Å². The van der Waals surface area contributed by atoms with Gasteiger partial charge in [-0.15, -0.1) is 0 Å². The van der Waals surface area contributed by atoms with Gasteiger partial charge in [0.15, 0.2) is 0 Å². The first kappa shape index (κ1) is 33.6. The summed E-state index contributed by atoms with van der Waals surface area (Å²) in [6.45, 7) is 0. The number of aromatic nitrogens is 1. The summed E-state index contributed by atoms with van der Waals surface area (Å²) < 4.78 is 2.50. The van der Waals surface area contributed by atoms with E-state index in [9.17, 15) is 0 Å². The lowest BCUT2D eigenvalue weighted by molar-refractivity contribution is 1.18. The molecule has 0 spiro atoms. The average Bonchev–Trinajstić information content (AvgIpc) is 3.63. The number of hydrogen-bond donors (Lipinski definition) is 0. The number of para-hydroxylation sites is 2. The van der Waals surface area contributed by atoms with E-state index in [0.717, 1.165) is 28.2 Å². The topological polar surface area (TPSA) is 8.17 Å². The second-order valence-corrected chi connectivity index (χ2v) is 14.9. The zero-order valence-electron chi connectivity index (χ0n) is 31.8. The van der Waals surface area contributed by atoms with Crippen molar-refractivity contribution in [2.24, 2.45) is 0 Å². The van der Waals surface area contributed by atoms with Crippen molar-refractivity contribution in [2.75, 3.05) is 4.90 Å². The van der Waals surface area contributed by atoms with Gasteiger partial charge in [0, 0.05) is 38.4 Å². The van der Waals surface area contributed by atoms with Gasteiger partial charge >= 0.3 is 0 Å². The molecule has 11 rings (SSSR count). The molecule has 0 aliphatic rings. The number of rotatable bonds is 7. The minimum Gasteiger partial charge on any atom is -0.309 e. The molecule has 272 valence electrons. The van der Waals surface area contributed by atoms with E-state index < -0.39 is 0 Å². The van der Waals surface area contributed by atoms with Crippen LogP contribution in [0.5, 0.6) is 0 Å². The highest BCUT2D eigenvalue weighted by Gasteiger charge is 2.22. The normalized spacial score (nSPS) is 11.4. The highest BCUT2D eigenvalue weighted by molar-refractivity contribution is 6.12. The summed E-state index contributed by atoms with van der Waals surface area (Å²) in [4.78, 5) is 2.44. The maximum Gasteiger partial charge on any atom is 0.0618 e. The lowest BCUT2D eigenvalue weighted by atomic mass is 9.95. The molecule has 0 saturated carbocycles. The van der Waals surface area contributed by atoms with Gasteiger partial charge in [0.05, 0.1) is 28.1 Å². The van der Waals surface area contributed by atoms with E-state index in [-0.39, 0.29) is 0 Å². The first-order valence-electron chi connectivity index (χ1n) is 19.9. The average molecular weight is 739 g/mol. The maximum atomic E-state index is 2.50. The fourth-order valence-corrected chi connectivity index (χ4v) is 8.92. The molecule has 10 aromatic carbocycles. The molecule has 0 amide bonds. The molecular weight excluding hydrogens is 701 g/mol. The Morgan fingerprint density at radius 2 is 0.759 bits per heavy atom. The first-order valence-corrected chi connectivity index (χ1v) is 19.9. The van der Waals surface area contributed by atoms with Gasteiger partial charge in [-0.3, -0.25) is 0 Å². The fraction of sp³-hybridized carbons (Fsp3) is 0. The molecule has 0 aliphatic carbocycles. The van der Waals surface area contributed by atoms with Crippen LogP contribution in [-0.4, -0.2) is 4.57 Å². The van der Waals surface area contributed by atoms with Crippen molar-refractivity contribution < 1.29 is 0 Å². The monoisotopic (exact) mass is 738 g/mol. The van der Waals surface area contributed by atoms with Gasteiger partial charge in [-0.2, -0.15) is 0 Å². The van der Waals surface area contributed by atoms with Crippen LogP contribution >= 0.6 is 0 Å². The molecule has 1 aromatic heterocycles. The van der Waals surface area contributed by atoms with E-state index in [1.54, 1.807) is 0 Å². The molecule has 0 fully saturated rings. The Bertz CT molecular complexity index is 3140. The van der Waals surface area contributed by atoms with Crippen LogP contribution in [0, 0.1) is 0 Å². The van der Waals surface area contributed by atoms with Gasteiger partial charge in [-0.1, -0.05) is 194 Å². The van der Waals surface area contributed by atoms with Crippen molar-refractivity contribution >= 4 is 60.4 Å². The van der Waals surface area contributed by atoms with Gasteiger partial charge in [0.1, 0.15) is 0 Å². The number of anilines is 3. The van der Waals surface area contributed by atoms with Gasteiger partial charge < -0.3 is 9.47 Å². The van der Waals surface area contributed by atoms with E-state index in [1.807, 2.05) is 0 Å². The van der Waals surface area contributed by atoms with Crippen molar-refractivity contribution in [3.05, 3.63) is 231 Å². The van der Waals surface area contributed by atoms with Gasteiger partial charge in [0.25, 0.3) is 0 Å². The summed E-state index contributed by atoms with van der Waals surface area (Å²) in [5.74, 6) is 0. The number of hydrogen-bond acceptors (Lipinski definition) is 1. The fourth-order valence-electron chi connectivity index (χ4n) is 8.92. The number of benzene rings is 10. The van der Waals surface area contributed by atoms with Crippen LogP contribution in [0.4, 0.5) is 17.1 Å². The first-order chi connectivity index (χ1) is 28.8. The smallest absolute Gasteiger partial charge is 0.0618 e. The molecule has 58 heavy (non-hydrogen) atoms. The minimum absolute atomic E-state index is 1.10. The van der Waals surface area contributed by atoms with Crippen LogP contribution in [0.3, 0.4) is 0 Å². The SMILES string of the molecule is c1ccc(-c2cccc(-c3ccccc3)c2-n2c3ccccc3c3ccc(-c4cccc(N(c5cccc6ccccc56)c5cccc6ccccc56)c4)cc32)cc1. The van der Waals surface area contributed by atoms with Gasteiger partial charge in [0.2, 0.25) is 0 Å². The standard InChI is InChI=1S/C56H38N2/c1-3-17-41(18-4-1)48-30-16-31-49(42-19-5-2-6-20-42)56(48)58-54-32-12-11-29-50(54)51-36-35-44(38-55(51)58)43-25-13-26-45(37-43)57(52-33-14-23-39-21-7-9-27-46(39)52)53-34-15-24-40-22-8-10-28-47(40)53/h1-38H. The Hall–Kier alpha value is -7.68. The summed E-state index contributed by atoms with van der Waals surface area (Å²) in [5, 5.41) is 7.31. The predicted octanol–water partition coefficient (Wildman–Crippen LogP) is 15.6. The third-order valence-electron chi connectivity index (χ3n) is 11.6. The molecule has 0 unspecified atom stereocenters. The third kappa shape index (κ3) is 5.66. The zero-order valence-corrected chi connectivity index (χ0v) is 31.8. The molecule has 2 heteroatoms. The highest BCUT2D eigenvalue weighted by Crippen LogP contribution is 2.45. The second-order valence-electron chi connectivity index (χ2n) is 14.9. The summed E-state index contributed by atoms with van der Waals surface area (Å²) in [7, 11) is 0. The van der Waals surface area contributed by atoms with Crippen LogP contribution in [0.1, 0.15) is 0 Å². The molecule has 0 radical (unpaired) electrons. The van der Waals surface area contributed by atoms with Gasteiger partial charge in [-0.05, 0) is 69.4 Å². The van der Waals surface area contributed by atoms with E-state index in [4.69, 9.17) is 0 Å². The Labute approximate surface area is 338 Å². The van der Waals surface area contributed by atoms with Crippen LogP contribution in [0.2, 0.25) is 0 Å². The van der Waals surface area contributed by atoms with E-state index in [1.165, 1.54) is 71.3 Å². The lowest BCUT2D eigenvalue weighted by Gasteiger charge is -2.28. The molecule has 0 atom stereocenters. The third-order valence-corrected chi connectivity index (χ3v) is 11.6. The predicted molar refractivity (Wildman–Crippen MR) is 247 cm³/mol. The molecule has 11 aromatic rings. The van der Waals surface area contributed by atoms with Crippen molar-refractivity contribution in [3.63, 3.8) is 0 Å². The summed E-state index contributed by atoms with van der Waals surface area (Å²) in [6.07, 6.45) is 0. The lowest BCUT2D eigenvalue weighted by Crippen LogP contribution is -2.11. The Balaban J connectivity index is 1.15. The Morgan fingerprint density at radius 3 is 1.40 bits per heavy atom. The van der Waals surface area contributed by atoms with Crippen LogP contribution in [0.25, 0.3) is 82.4 Å². The molecule has 2 nitrogen and oxygen atoms in total. The number of fused-ring (bicyclic) bond motifs is 5. The number of nitrogens with zero attached hydrogens (tertiary/aromatic N) is 2. The quantitative estimate of drug-likeness (QED) is 0.158. The largest absolute Gasteiger partial charge is 0.309 e. The van der Waals surface area contributed by atoms with Crippen molar-refractivity contribution in [1.29, 1.82) is 0 Å². The Morgan fingerprint density at radius 1 is 0.293 bits per heavy atom. The Kier molecular flexibility index (Phi) is 8.19.